The third-order valence-electron chi connectivity index (χ3n) is 3.12. The van der Waals surface area contributed by atoms with E-state index in [1.165, 1.54) is 0 Å². The van der Waals surface area contributed by atoms with Gasteiger partial charge in [0.1, 0.15) is 0 Å². The van der Waals surface area contributed by atoms with Crippen LogP contribution in [-0.4, -0.2) is 24.8 Å². The van der Waals surface area contributed by atoms with Crippen LogP contribution in [0.2, 0.25) is 0 Å². The zero-order valence-electron chi connectivity index (χ0n) is 10.6. The molecule has 0 aliphatic heterocycles. The third-order valence-corrected chi connectivity index (χ3v) is 3.12. The molecule has 0 aromatic heterocycles. The summed E-state index contributed by atoms with van der Waals surface area (Å²) in [6.45, 7) is 0.578. The number of aliphatic hydroxyl groups excluding tert-OH is 1. The zero-order chi connectivity index (χ0) is 12.8. The van der Waals surface area contributed by atoms with Crippen molar-refractivity contribution in [1.29, 1.82) is 0 Å². The van der Waals surface area contributed by atoms with Crippen molar-refractivity contribution in [2.45, 2.75) is 12.0 Å². The first kappa shape index (κ1) is 12.8. The maximum absolute atomic E-state index is 10.4. The van der Waals surface area contributed by atoms with Gasteiger partial charge in [-0.05, 0) is 18.2 Å². The quantitative estimate of drug-likeness (QED) is 0.842. The van der Waals surface area contributed by atoms with Crippen molar-refractivity contribution in [3.63, 3.8) is 0 Å². The van der Waals surface area contributed by atoms with E-state index in [9.17, 15) is 5.11 Å². The fraction of sp³-hybridized carbons (Fsp3) is 0.250. The van der Waals surface area contributed by atoms with E-state index in [1.54, 1.807) is 0 Å². The Balaban J connectivity index is 2.35. The minimum absolute atomic E-state index is 0.0137. The second-order valence-electron chi connectivity index (χ2n) is 4.42. The topological polar surface area (TPSA) is 32.3 Å². The van der Waals surface area contributed by atoms with E-state index in [0.29, 0.717) is 6.54 Å². The number of aliphatic hydroxyl groups is 1. The number of nitrogens with one attached hydrogen (secondary N) is 1. The average Bonchev–Trinajstić information content (AvgIpc) is 2.42. The van der Waals surface area contributed by atoms with Crippen LogP contribution in [0.25, 0.3) is 0 Å². The third kappa shape index (κ3) is 2.97. The molecule has 2 aromatic rings. The number of hydrogen-bond donors (Lipinski definition) is 2. The van der Waals surface area contributed by atoms with E-state index in [2.05, 4.69) is 29.6 Å². The van der Waals surface area contributed by atoms with Crippen LogP contribution >= 0.6 is 0 Å². The standard InChI is InChI=1S/C16H19NO/c1-17-12-15(18)16(13-8-4-2-5-9-13)14-10-6-3-7-11-14/h2-11,15-18H,12H2,1H3/t15-/m0/s1. The van der Waals surface area contributed by atoms with Crippen LogP contribution in [0.3, 0.4) is 0 Å². The molecule has 18 heavy (non-hydrogen) atoms. The summed E-state index contributed by atoms with van der Waals surface area (Å²) in [6.07, 6.45) is -0.431. The molecule has 1 atom stereocenters. The van der Waals surface area contributed by atoms with Crippen LogP contribution in [0, 0.1) is 0 Å². The van der Waals surface area contributed by atoms with Crippen LogP contribution in [0.4, 0.5) is 0 Å². The van der Waals surface area contributed by atoms with Crippen LogP contribution in [0.1, 0.15) is 17.0 Å². The predicted octanol–water partition coefficient (Wildman–Crippen LogP) is 2.40. The van der Waals surface area contributed by atoms with E-state index in [1.807, 2.05) is 43.4 Å². The zero-order valence-corrected chi connectivity index (χ0v) is 10.6. The Hall–Kier alpha value is -1.64. The van der Waals surface area contributed by atoms with Crippen molar-refractivity contribution >= 4 is 0 Å². The number of likely N-dealkylation sites (N-methyl/N-ethyl adjacent to an activating group) is 1. The Labute approximate surface area is 108 Å². The molecule has 0 amide bonds. The summed E-state index contributed by atoms with van der Waals surface area (Å²) in [5, 5.41) is 13.4. The SMILES string of the molecule is CNC[C@H](O)C(c1ccccc1)c1ccccc1. The molecule has 0 unspecified atom stereocenters. The van der Waals surface area contributed by atoms with E-state index >= 15 is 0 Å². The Kier molecular flexibility index (Phi) is 4.51. The lowest BCUT2D eigenvalue weighted by atomic mass is 9.86. The van der Waals surface area contributed by atoms with Crippen molar-refractivity contribution in [2.24, 2.45) is 0 Å². The number of hydrogen-bond acceptors (Lipinski definition) is 2. The Bertz CT molecular complexity index is 416. The summed E-state index contributed by atoms with van der Waals surface area (Å²) in [5.74, 6) is 0.0137. The van der Waals surface area contributed by atoms with E-state index < -0.39 is 6.10 Å². The lowest BCUT2D eigenvalue weighted by Gasteiger charge is -2.23. The van der Waals surface area contributed by atoms with Gasteiger partial charge in [-0.15, -0.1) is 0 Å². The maximum Gasteiger partial charge on any atom is 0.0773 e. The highest BCUT2D eigenvalue weighted by atomic mass is 16.3. The molecular formula is C16H19NO. The summed E-state index contributed by atoms with van der Waals surface area (Å²) < 4.78 is 0. The first-order valence-corrected chi connectivity index (χ1v) is 6.25. The van der Waals surface area contributed by atoms with E-state index in [0.717, 1.165) is 11.1 Å². The molecule has 2 aromatic carbocycles. The average molecular weight is 241 g/mol. The molecule has 0 saturated heterocycles. The van der Waals surface area contributed by atoms with Gasteiger partial charge in [0, 0.05) is 12.5 Å². The minimum Gasteiger partial charge on any atom is -0.391 e. The Morgan fingerprint density at radius 3 is 1.72 bits per heavy atom. The van der Waals surface area contributed by atoms with Crippen molar-refractivity contribution in [3.8, 4) is 0 Å². The van der Waals surface area contributed by atoms with Gasteiger partial charge in [-0.1, -0.05) is 60.7 Å². The fourth-order valence-electron chi connectivity index (χ4n) is 2.28. The minimum atomic E-state index is -0.431. The van der Waals surface area contributed by atoms with Gasteiger partial charge in [0.15, 0.2) is 0 Å². The smallest absolute Gasteiger partial charge is 0.0773 e. The highest BCUT2D eigenvalue weighted by Gasteiger charge is 2.21. The van der Waals surface area contributed by atoms with Crippen molar-refractivity contribution in [1.82, 2.24) is 5.32 Å². The van der Waals surface area contributed by atoms with Crippen molar-refractivity contribution < 1.29 is 5.11 Å². The molecule has 0 aliphatic carbocycles. The molecule has 0 spiro atoms. The molecule has 2 N–H and O–H groups in total. The normalized spacial score (nSPS) is 12.6. The molecule has 2 nitrogen and oxygen atoms in total. The second kappa shape index (κ2) is 6.34. The van der Waals surface area contributed by atoms with E-state index in [-0.39, 0.29) is 5.92 Å². The molecule has 2 rings (SSSR count). The number of benzene rings is 2. The Morgan fingerprint density at radius 2 is 1.33 bits per heavy atom. The summed E-state index contributed by atoms with van der Waals surface area (Å²) in [7, 11) is 1.86. The molecule has 0 bridgehead atoms. The van der Waals surface area contributed by atoms with Gasteiger partial charge >= 0.3 is 0 Å². The van der Waals surface area contributed by atoms with Gasteiger partial charge in [0.25, 0.3) is 0 Å². The van der Waals surface area contributed by atoms with Gasteiger partial charge in [0.05, 0.1) is 6.10 Å². The van der Waals surface area contributed by atoms with E-state index in [4.69, 9.17) is 0 Å². The largest absolute Gasteiger partial charge is 0.391 e. The van der Waals surface area contributed by atoms with Crippen LogP contribution in [0.5, 0.6) is 0 Å². The molecule has 94 valence electrons. The van der Waals surface area contributed by atoms with Gasteiger partial charge in [-0.25, -0.2) is 0 Å². The van der Waals surface area contributed by atoms with Gasteiger partial charge < -0.3 is 10.4 Å². The van der Waals surface area contributed by atoms with Gasteiger partial charge in [-0.3, -0.25) is 0 Å². The fourth-order valence-corrected chi connectivity index (χ4v) is 2.28. The summed E-state index contributed by atoms with van der Waals surface area (Å²) in [5.41, 5.74) is 2.29. The highest BCUT2D eigenvalue weighted by molar-refractivity contribution is 5.33. The van der Waals surface area contributed by atoms with Crippen LogP contribution < -0.4 is 5.32 Å². The molecule has 0 saturated carbocycles. The highest BCUT2D eigenvalue weighted by Crippen LogP contribution is 2.27. The van der Waals surface area contributed by atoms with Crippen LogP contribution in [-0.2, 0) is 0 Å². The van der Waals surface area contributed by atoms with Crippen LogP contribution in [0.15, 0.2) is 60.7 Å². The maximum atomic E-state index is 10.4. The summed E-state index contributed by atoms with van der Waals surface area (Å²) in [4.78, 5) is 0. The van der Waals surface area contributed by atoms with Crippen molar-refractivity contribution in [2.75, 3.05) is 13.6 Å². The molecule has 0 aliphatic rings. The molecule has 0 fully saturated rings. The number of rotatable bonds is 5. The molecule has 0 heterocycles. The second-order valence-corrected chi connectivity index (χ2v) is 4.42. The summed E-state index contributed by atoms with van der Waals surface area (Å²) >= 11 is 0. The first-order valence-electron chi connectivity index (χ1n) is 6.25. The monoisotopic (exact) mass is 241 g/mol. The van der Waals surface area contributed by atoms with Gasteiger partial charge in [-0.2, -0.15) is 0 Å². The molecular weight excluding hydrogens is 222 g/mol. The molecule has 0 radical (unpaired) electrons. The first-order chi connectivity index (χ1) is 8.83. The lowest BCUT2D eigenvalue weighted by molar-refractivity contribution is 0.156. The summed E-state index contributed by atoms with van der Waals surface area (Å²) in [6, 6.07) is 20.3. The lowest BCUT2D eigenvalue weighted by Crippen LogP contribution is -2.30. The predicted molar refractivity (Wildman–Crippen MR) is 74.7 cm³/mol. The van der Waals surface area contributed by atoms with Gasteiger partial charge in [0.2, 0.25) is 0 Å². The molecule has 2 heteroatoms. The Morgan fingerprint density at radius 1 is 0.889 bits per heavy atom. The van der Waals surface area contributed by atoms with Crippen molar-refractivity contribution in [3.05, 3.63) is 71.8 Å².